The van der Waals surface area contributed by atoms with E-state index >= 15 is 0 Å². The Morgan fingerprint density at radius 1 is 1.29 bits per heavy atom. The molecule has 0 spiro atoms. The van der Waals surface area contributed by atoms with Gasteiger partial charge in [-0.15, -0.1) is 0 Å². The van der Waals surface area contributed by atoms with Crippen molar-refractivity contribution < 1.29 is 23.5 Å². The molecule has 0 saturated carbocycles. The van der Waals surface area contributed by atoms with Gasteiger partial charge in [-0.2, -0.15) is 5.10 Å². The molecule has 0 aliphatic carbocycles. The number of rotatable bonds is 6. The van der Waals surface area contributed by atoms with Gasteiger partial charge < -0.3 is 14.8 Å². The number of carboxylic acid groups (broad SMARTS) is 1. The summed E-state index contributed by atoms with van der Waals surface area (Å²) in [6.45, 7) is 5.35. The number of aliphatic carboxylic acids is 1. The first-order valence-electron chi connectivity index (χ1n) is 8.68. The van der Waals surface area contributed by atoms with Crippen molar-refractivity contribution in [2.75, 3.05) is 0 Å². The van der Waals surface area contributed by atoms with Gasteiger partial charge in [-0.05, 0) is 45.0 Å². The van der Waals surface area contributed by atoms with Crippen LogP contribution >= 0.6 is 0 Å². The number of furan rings is 1. The van der Waals surface area contributed by atoms with Crippen molar-refractivity contribution in [3.63, 3.8) is 0 Å². The molecule has 2 heterocycles. The van der Waals surface area contributed by atoms with Crippen molar-refractivity contribution in [2.45, 2.75) is 33.2 Å². The van der Waals surface area contributed by atoms with E-state index < -0.39 is 11.9 Å². The number of hydrogen-bond donors (Lipinski definition) is 2. The summed E-state index contributed by atoms with van der Waals surface area (Å²) in [4.78, 5) is 23.7. The maximum Gasteiger partial charge on any atom is 0.311 e. The highest BCUT2D eigenvalue weighted by molar-refractivity contribution is 5.97. The largest absolute Gasteiger partial charge is 0.481 e. The summed E-state index contributed by atoms with van der Waals surface area (Å²) in [5.74, 6) is -1.70. The first kappa shape index (κ1) is 19.3. The molecule has 3 rings (SSSR count). The first-order chi connectivity index (χ1) is 13.3. The van der Waals surface area contributed by atoms with Gasteiger partial charge in [0.05, 0.1) is 29.8 Å². The lowest BCUT2D eigenvalue weighted by Gasteiger charge is -2.14. The molecule has 0 saturated heterocycles. The number of aryl methyl sites for hydroxylation is 1. The third-order valence-corrected chi connectivity index (χ3v) is 4.52. The molecule has 1 aromatic carbocycles. The maximum atomic E-state index is 13.1. The molecule has 0 aliphatic heterocycles. The molecule has 8 heteroatoms. The van der Waals surface area contributed by atoms with Crippen molar-refractivity contribution >= 4 is 11.9 Å². The van der Waals surface area contributed by atoms with Gasteiger partial charge in [0.1, 0.15) is 18.0 Å². The first-order valence-corrected chi connectivity index (χ1v) is 8.68. The van der Waals surface area contributed by atoms with Gasteiger partial charge >= 0.3 is 5.97 Å². The minimum absolute atomic E-state index is 0.119. The van der Waals surface area contributed by atoms with E-state index in [1.165, 1.54) is 18.4 Å². The Labute approximate surface area is 160 Å². The van der Waals surface area contributed by atoms with E-state index in [2.05, 4.69) is 10.4 Å². The fourth-order valence-electron chi connectivity index (χ4n) is 3.11. The third-order valence-electron chi connectivity index (χ3n) is 4.52. The van der Waals surface area contributed by atoms with Crippen molar-refractivity contribution in [1.29, 1.82) is 0 Å². The molecule has 0 fully saturated rings. The van der Waals surface area contributed by atoms with Gasteiger partial charge in [-0.25, -0.2) is 9.07 Å². The summed E-state index contributed by atoms with van der Waals surface area (Å²) in [5, 5.41) is 16.2. The van der Waals surface area contributed by atoms with Gasteiger partial charge in [0.2, 0.25) is 0 Å². The lowest BCUT2D eigenvalue weighted by Crippen LogP contribution is -2.28. The normalized spacial score (nSPS) is 12.0. The zero-order chi connectivity index (χ0) is 20.4. The fourth-order valence-corrected chi connectivity index (χ4v) is 3.11. The lowest BCUT2D eigenvalue weighted by atomic mass is 10.1. The van der Waals surface area contributed by atoms with Crippen LogP contribution in [0.2, 0.25) is 0 Å². The standard InChI is InChI=1S/C20H20FN3O4/c1-11-10-28-17(8-18(25)26)19(11)20(27)23-12(2)16-9-22-24(13(16)3)15-6-4-14(21)5-7-15/h4-7,9-10,12H,8H2,1-3H3,(H,23,27)(H,25,26). The number of carbonyl (C=O) groups excluding carboxylic acids is 1. The number of benzene rings is 1. The van der Waals surface area contributed by atoms with Crippen LogP contribution in [0.3, 0.4) is 0 Å². The topological polar surface area (TPSA) is 97.4 Å². The van der Waals surface area contributed by atoms with Crippen molar-refractivity contribution in [1.82, 2.24) is 15.1 Å². The number of hydrogen-bond acceptors (Lipinski definition) is 4. The molecule has 7 nitrogen and oxygen atoms in total. The van der Waals surface area contributed by atoms with Crippen LogP contribution in [0.15, 0.2) is 41.1 Å². The number of amides is 1. The van der Waals surface area contributed by atoms with Crippen LogP contribution in [0.5, 0.6) is 0 Å². The van der Waals surface area contributed by atoms with Crippen LogP contribution in [0.4, 0.5) is 4.39 Å². The summed E-state index contributed by atoms with van der Waals surface area (Å²) in [7, 11) is 0. The molecule has 0 aliphatic rings. The van der Waals surface area contributed by atoms with E-state index in [1.54, 1.807) is 29.9 Å². The molecule has 1 atom stereocenters. The highest BCUT2D eigenvalue weighted by Gasteiger charge is 2.23. The van der Waals surface area contributed by atoms with Crippen molar-refractivity contribution in [2.24, 2.45) is 0 Å². The second-order valence-corrected chi connectivity index (χ2v) is 6.56. The van der Waals surface area contributed by atoms with Crippen LogP contribution in [-0.4, -0.2) is 26.8 Å². The van der Waals surface area contributed by atoms with Gasteiger partial charge in [-0.3, -0.25) is 9.59 Å². The van der Waals surface area contributed by atoms with Crippen LogP contribution in [0, 0.1) is 19.7 Å². The van der Waals surface area contributed by atoms with Gasteiger partial charge in [-0.1, -0.05) is 0 Å². The average molecular weight is 385 g/mol. The molecule has 1 unspecified atom stereocenters. The van der Waals surface area contributed by atoms with Crippen LogP contribution in [0.1, 0.15) is 45.9 Å². The van der Waals surface area contributed by atoms with Crippen LogP contribution < -0.4 is 5.32 Å². The number of carboxylic acids is 1. The SMILES string of the molecule is Cc1coc(CC(=O)O)c1C(=O)NC(C)c1cnn(-c2ccc(F)cc2)c1C. The molecular weight excluding hydrogens is 365 g/mol. The Balaban J connectivity index is 1.81. The van der Waals surface area contributed by atoms with E-state index in [-0.39, 0.29) is 29.6 Å². The molecule has 2 aromatic heterocycles. The zero-order valence-electron chi connectivity index (χ0n) is 15.7. The Hall–Kier alpha value is -3.42. The second kappa shape index (κ2) is 7.67. The zero-order valence-corrected chi connectivity index (χ0v) is 15.7. The quantitative estimate of drug-likeness (QED) is 0.678. The minimum Gasteiger partial charge on any atom is -0.481 e. The molecule has 3 aromatic rings. The number of halogens is 1. The lowest BCUT2D eigenvalue weighted by molar-refractivity contribution is -0.136. The second-order valence-electron chi connectivity index (χ2n) is 6.56. The summed E-state index contributed by atoms with van der Waals surface area (Å²) in [6, 6.07) is 5.57. The summed E-state index contributed by atoms with van der Waals surface area (Å²) >= 11 is 0. The number of nitrogens with zero attached hydrogens (tertiary/aromatic N) is 2. The van der Waals surface area contributed by atoms with E-state index in [1.807, 2.05) is 13.8 Å². The predicted molar refractivity (Wildman–Crippen MR) is 98.9 cm³/mol. The van der Waals surface area contributed by atoms with E-state index in [0.29, 0.717) is 11.3 Å². The Morgan fingerprint density at radius 3 is 2.61 bits per heavy atom. The van der Waals surface area contributed by atoms with E-state index in [0.717, 1.165) is 11.3 Å². The summed E-state index contributed by atoms with van der Waals surface area (Å²) in [5.41, 5.74) is 3.10. The maximum absolute atomic E-state index is 13.1. The smallest absolute Gasteiger partial charge is 0.311 e. The Kier molecular flexibility index (Phi) is 5.30. The molecule has 28 heavy (non-hydrogen) atoms. The molecule has 0 bridgehead atoms. The monoisotopic (exact) mass is 385 g/mol. The highest BCUT2D eigenvalue weighted by Crippen LogP contribution is 2.23. The molecule has 146 valence electrons. The van der Waals surface area contributed by atoms with Crippen molar-refractivity contribution in [3.8, 4) is 5.69 Å². The predicted octanol–water partition coefficient (Wildman–Crippen LogP) is 3.34. The number of aromatic nitrogens is 2. The Morgan fingerprint density at radius 2 is 1.96 bits per heavy atom. The Bertz CT molecular complexity index is 1020. The highest BCUT2D eigenvalue weighted by atomic mass is 19.1. The molecule has 1 amide bonds. The van der Waals surface area contributed by atoms with Crippen molar-refractivity contribution in [3.05, 3.63) is 70.7 Å². The molecular formula is C20H20FN3O4. The van der Waals surface area contributed by atoms with Crippen LogP contribution in [-0.2, 0) is 11.2 Å². The molecule has 0 radical (unpaired) electrons. The van der Waals surface area contributed by atoms with E-state index in [9.17, 15) is 14.0 Å². The van der Waals surface area contributed by atoms with Crippen LogP contribution in [0.25, 0.3) is 5.69 Å². The van der Waals surface area contributed by atoms with E-state index in [4.69, 9.17) is 9.52 Å². The third kappa shape index (κ3) is 3.80. The minimum atomic E-state index is -1.08. The fraction of sp³-hybridized carbons (Fsp3) is 0.250. The number of nitrogens with one attached hydrogen (secondary N) is 1. The number of carbonyl (C=O) groups is 2. The van der Waals surface area contributed by atoms with Gasteiger partial charge in [0, 0.05) is 16.8 Å². The van der Waals surface area contributed by atoms with Gasteiger partial charge in [0.25, 0.3) is 5.91 Å². The molecule has 2 N–H and O–H groups in total. The summed E-state index contributed by atoms with van der Waals surface area (Å²) in [6.07, 6.45) is 2.65. The summed E-state index contributed by atoms with van der Waals surface area (Å²) < 4.78 is 20.0. The average Bonchev–Trinajstić information content (AvgIpc) is 3.18. The van der Waals surface area contributed by atoms with Gasteiger partial charge in [0.15, 0.2) is 0 Å².